The van der Waals surface area contributed by atoms with Crippen LogP contribution in [0.4, 0.5) is 0 Å². The van der Waals surface area contributed by atoms with E-state index in [1.807, 2.05) is 0 Å². The van der Waals surface area contributed by atoms with Crippen LogP contribution in [0.15, 0.2) is 11.0 Å². The molecular formula is C7H10NO4PSSe. The van der Waals surface area contributed by atoms with Gasteiger partial charge in [0.2, 0.25) is 0 Å². The van der Waals surface area contributed by atoms with Crippen LogP contribution in [-0.4, -0.2) is 52.7 Å². The summed E-state index contributed by atoms with van der Waals surface area (Å²) in [7, 11) is -4.05. The van der Waals surface area contributed by atoms with Gasteiger partial charge in [0.1, 0.15) is 0 Å². The van der Waals surface area contributed by atoms with E-state index in [1.165, 1.54) is 16.7 Å². The second kappa shape index (κ2) is 4.95. The summed E-state index contributed by atoms with van der Waals surface area (Å²) in [5, 5.41) is 0. The van der Waals surface area contributed by atoms with Crippen LogP contribution in [0.2, 0.25) is 0 Å². The fourth-order valence-corrected chi connectivity index (χ4v) is 3.19. The SMILES string of the molecule is CC=C1SC(=[Se])N(CCP(=O)(O)O)C1=O. The van der Waals surface area contributed by atoms with Crippen molar-refractivity contribution >= 4 is 44.7 Å². The van der Waals surface area contributed by atoms with E-state index in [4.69, 9.17) is 9.79 Å². The first-order chi connectivity index (χ1) is 6.85. The molecule has 1 rings (SSSR count). The quantitative estimate of drug-likeness (QED) is 0.432. The number of allylic oxidation sites excluding steroid dienone is 1. The second-order valence-electron chi connectivity index (χ2n) is 2.87. The molecule has 0 aromatic carbocycles. The molecule has 0 unspecified atom stereocenters. The van der Waals surface area contributed by atoms with E-state index < -0.39 is 7.60 Å². The molecule has 1 amide bonds. The zero-order valence-electron chi connectivity index (χ0n) is 7.91. The third-order valence-electron chi connectivity index (χ3n) is 1.75. The van der Waals surface area contributed by atoms with Gasteiger partial charge in [-0.3, -0.25) is 0 Å². The zero-order valence-corrected chi connectivity index (χ0v) is 11.3. The number of amides is 1. The Balaban J connectivity index is 2.68. The molecule has 0 atom stereocenters. The number of hydrogen-bond acceptors (Lipinski definition) is 3. The molecule has 0 spiro atoms. The number of carbonyl (C=O) groups excluding carboxylic acids is 1. The van der Waals surface area contributed by atoms with E-state index in [0.29, 0.717) is 8.78 Å². The Morgan fingerprint density at radius 2 is 2.20 bits per heavy atom. The van der Waals surface area contributed by atoms with Crippen LogP contribution in [0.5, 0.6) is 0 Å². The van der Waals surface area contributed by atoms with Crippen LogP contribution < -0.4 is 0 Å². The van der Waals surface area contributed by atoms with Gasteiger partial charge < -0.3 is 0 Å². The first kappa shape index (κ1) is 13.2. The van der Waals surface area contributed by atoms with E-state index in [2.05, 4.69) is 15.6 Å². The van der Waals surface area contributed by atoms with Crippen LogP contribution in [0.1, 0.15) is 6.92 Å². The molecule has 8 heteroatoms. The van der Waals surface area contributed by atoms with Gasteiger partial charge in [0.15, 0.2) is 0 Å². The van der Waals surface area contributed by atoms with Gasteiger partial charge >= 0.3 is 99.4 Å². The number of hydrogen-bond donors (Lipinski definition) is 2. The maximum atomic E-state index is 11.6. The normalized spacial score (nSPS) is 20.5. The number of rotatable bonds is 3. The van der Waals surface area contributed by atoms with Gasteiger partial charge in [0.05, 0.1) is 0 Å². The fourth-order valence-electron chi connectivity index (χ4n) is 1.01. The van der Waals surface area contributed by atoms with Crippen molar-refractivity contribution < 1.29 is 19.1 Å². The van der Waals surface area contributed by atoms with Crippen molar-refractivity contribution in [3.05, 3.63) is 11.0 Å². The summed E-state index contributed by atoms with van der Waals surface area (Å²) < 4.78 is 11.3. The Morgan fingerprint density at radius 1 is 1.60 bits per heavy atom. The predicted octanol–water partition coefficient (Wildman–Crippen LogP) is -0.101. The van der Waals surface area contributed by atoms with E-state index in [0.717, 1.165) is 0 Å². The topological polar surface area (TPSA) is 77.8 Å². The first-order valence-corrected chi connectivity index (χ1v) is 7.57. The number of thioether (sulfide) groups is 1. The van der Waals surface area contributed by atoms with Crippen molar-refractivity contribution in [2.75, 3.05) is 12.7 Å². The van der Waals surface area contributed by atoms with Crippen molar-refractivity contribution in [2.24, 2.45) is 0 Å². The summed E-state index contributed by atoms with van der Waals surface area (Å²) in [5.74, 6) is -0.204. The Hall–Kier alpha value is 0.0995. The molecule has 84 valence electrons. The number of nitrogens with zero attached hydrogens (tertiary/aromatic N) is 1. The molecule has 0 bridgehead atoms. The second-order valence-corrected chi connectivity index (χ2v) is 7.07. The van der Waals surface area contributed by atoms with Crippen molar-refractivity contribution in [2.45, 2.75) is 6.92 Å². The Kier molecular flexibility index (Phi) is 4.35. The van der Waals surface area contributed by atoms with Crippen molar-refractivity contribution in [1.29, 1.82) is 0 Å². The van der Waals surface area contributed by atoms with E-state index in [-0.39, 0.29) is 18.6 Å². The molecule has 1 saturated heterocycles. The molecule has 0 aromatic rings. The molecule has 5 nitrogen and oxygen atoms in total. The molecule has 1 fully saturated rings. The Morgan fingerprint density at radius 3 is 2.60 bits per heavy atom. The summed E-state index contributed by atoms with van der Waals surface area (Å²) in [5.41, 5.74) is 0. The van der Waals surface area contributed by atoms with Crippen molar-refractivity contribution in [3.8, 4) is 0 Å². The summed E-state index contributed by atoms with van der Waals surface area (Å²) in [6.45, 7) is 1.79. The van der Waals surface area contributed by atoms with Gasteiger partial charge in [-0.25, -0.2) is 0 Å². The average molecular weight is 314 g/mol. The van der Waals surface area contributed by atoms with Crippen LogP contribution in [0.25, 0.3) is 0 Å². The molecule has 0 radical (unpaired) electrons. The van der Waals surface area contributed by atoms with Crippen LogP contribution in [0, 0.1) is 0 Å². The minimum atomic E-state index is -4.05. The fraction of sp³-hybridized carbons (Fsp3) is 0.429. The molecule has 1 heterocycles. The van der Waals surface area contributed by atoms with Crippen LogP contribution in [0.3, 0.4) is 0 Å². The van der Waals surface area contributed by atoms with Gasteiger partial charge in [0.25, 0.3) is 0 Å². The minimum absolute atomic E-state index is 0.0375. The van der Waals surface area contributed by atoms with Crippen LogP contribution in [-0.2, 0) is 9.36 Å². The molecule has 0 aromatic heterocycles. The van der Waals surface area contributed by atoms with E-state index in [1.54, 1.807) is 13.0 Å². The summed E-state index contributed by atoms with van der Waals surface area (Å²) in [4.78, 5) is 30.9. The first-order valence-electron chi connectivity index (χ1n) is 4.09. The zero-order chi connectivity index (χ0) is 11.6. The third kappa shape index (κ3) is 3.55. The Bertz CT molecular complexity index is 377. The molecular weight excluding hydrogens is 304 g/mol. The molecule has 2 N–H and O–H groups in total. The van der Waals surface area contributed by atoms with Gasteiger partial charge in [-0.15, -0.1) is 0 Å². The maximum absolute atomic E-state index is 11.6. The van der Waals surface area contributed by atoms with E-state index >= 15 is 0 Å². The molecule has 1 aliphatic heterocycles. The molecule has 15 heavy (non-hydrogen) atoms. The van der Waals surface area contributed by atoms with E-state index in [9.17, 15) is 9.36 Å². The molecule has 0 aliphatic carbocycles. The summed E-state index contributed by atoms with van der Waals surface area (Å²) >= 11 is 3.99. The van der Waals surface area contributed by atoms with Gasteiger partial charge in [-0.1, -0.05) is 0 Å². The molecule has 0 saturated carbocycles. The van der Waals surface area contributed by atoms with Gasteiger partial charge in [-0.05, 0) is 0 Å². The third-order valence-corrected chi connectivity index (χ3v) is 4.55. The average Bonchev–Trinajstić information content (AvgIpc) is 2.37. The number of carbonyl (C=O) groups is 1. The standard InChI is InChI=1S/C7H10NO4PSSe/c1-2-5-6(9)8(7(15)14-5)3-4-13(10,11)12/h2H,3-4H2,1H3,(H2,10,11,12). The monoisotopic (exact) mass is 315 g/mol. The Labute approximate surface area is 99.4 Å². The summed E-state index contributed by atoms with van der Waals surface area (Å²) in [6.07, 6.45) is 1.36. The van der Waals surface area contributed by atoms with Crippen LogP contribution >= 0.6 is 19.4 Å². The summed E-state index contributed by atoms with van der Waals surface area (Å²) in [6, 6.07) is 0. The molecule has 1 aliphatic rings. The van der Waals surface area contributed by atoms with Gasteiger partial charge in [0, 0.05) is 0 Å². The predicted molar refractivity (Wildman–Crippen MR) is 60.7 cm³/mol. The van der Waals surface area contributed by atoms with Crippen molar-refractivity contribution in [1.82, 2.24) is 4.90 Å². The van der Waals surface area contributed by atoms with Crippen molar-refractivity contribution in [3.63, 3.8) is 0 Å². The van der Waals surface area contributed by atoms with Gasteiger partial charge in [-0.2, -0.15) is 0 Å².